The van der Waals surface area contributed by atoms with Crippen LogP contribution in [0.1, 0.15) is 34.1 Å². The van der Waals surface area contributed by atoms with Gasteiger partial charge in [-0.3, -0.25) is 14.5 Å². The van der Waals surface area contributed by atoms with E-state index in [0.29, 0.717) is 6.54 Å². The third-order valence-electron chi connectivity index (χ3n) is 2.86. The Bertz CT molecular complexity index is 259. The lowest BCUT2D eigenvalue weighted by atomic mass is 10.0. The van der Waals surface area contributed by atoms with E-state index in [1.54, 1.807) is 13.8 Å². The smallest absolute Gasteiger partial charge is 0.146 e. The Hall–Kier alpha value is -0.780. The van der Waals surface area contributed by atoms with Crippen LogP contribution in [0.5, 0.6) is 0 Å². The van der Waals surface area contributed by atoms with Crippen LogP contribution < -0.4 is 5.32 Å². The van der Waals surface area contributed by atoms with Crippen molar-refractivity contribution in [2.24, 2.45) is 0 Å². The number of Topliss-reactive ketones (excluding diaryl/α,β-unsaturated/α-hetero) is 2. The van der Waals surface area contributed by atoms with E-state index in [-0.39, 0.29) is 17.6 Å². The van der Waals surface area contributed by atoms with Crippen molar-refractivity contribution in [3.63, 3.8) is 0 Å². The minimum Gasteiger partial charge on any atom is -0.379 e. The Kier molecular flexibility index (Phi) is 10.6. The molecule has 0 saturated carbocycles. The molecule has 2 saturated heterocycles. The average Bonchev–Trinajstić information content (AvgIpc) is 2.30. The van der Waals surface area contributed by atoms with Gasteiger partial charge in [-0.05, 0) is 26.8 Å². The zero-order valence-corrected chi connectivity index (χ0v) is 12.7. The van der Waals surface area contributed by atoms with E-state index in [1.807, 2.05) is 13.8 Å². The Morgan fingerprint density at radius 2 is 1.74 bits per heavy atom. The normalized spacial score (nSPS) is 22.0. The van der Waals surface area contributed by atoms with E-state index < -0.39 is 0 Å². The summed E-state index contributed by atoms with van der Waals surface area (Å²) in [6.07, 6.45) is 1.04. The molecule has 0 aliphatic carbocycles. The summed E-state index contributed by atoms with van der Waals surface area (Å²) in [6, 6.07) is 0.194. The van der Waals surface area contributed by atoms with Crippen molar-refractivity contribution in [3.05, 3.63) is 0 Å². The number of hydrogen-bond acceptors (Lipinski definition) is 5. The lowest BCUT2D eigenvalue weighted by molar-refractivity contribution is -0.120. The van der Waals surface area contributed by atoms with Crippen LogP contribution in [-0.2, 0) is 14.3 Å². The van der Waals surface area contributed by atoms with Crippen molar-refractivity contribution < 1.29 is 14.3 Å². The fourth-order valence-corrected chi connectivity index (χ4v) is 1.71. The highest BCUT2D eigenvalue weighted by atomic mass is 16.5. The molecule has 5 heteroatoms. The summed E-state index contributed by atoms with van der Waals surface area (Å²) in [5.74, 6) is 0.508. The predicted molar refractivity (Wildman–Crippen MR) is 76.4 cm³/mol. The summed E-state index contributed by atoms with van der Waals surface area (Å²) in [6.45, 7) is 12.2. The standard InChI is InChI=1S/C7H13NO2.C5H9NO.C2H6/c1-7(9)6-8-2-4-10-5-3-8;1-4(7)5-2-3-6-5;1-2/h2-6H2,1H3;5-6H,2-3H2,1H3;1-2H3. The van der Waals surface area contributed by atoms with Crippen molar-refractivity contribution in [2.45, 2.75) is 40.2 Å². The molecule has 0 amide bonds. The number of rotatable bonds is 3. The van der Waals surface area contributed by atoms with E-state index in [0.717, 1.165) is 39.3 Å². The van der Waals surface area contributed by atoms with Crippen molar-refractivity contribution in [3.8, 4) is 0 Å². The molecule has 0 aromatic rings. The van der Waals surface area contributed by atoms with E-state index in [4.69, 9.17) is 4.74 Å². The van der Waals surface area contributed by atoms with E-state index in [9.17, 15) is 9.59 Å². The van der Waals surface area contributed by atoms with Gasteiger partial charge >= 0.3 is 0 Å². The molecule has 0 spiro atoms. The molecule has 1 N–H and O–H groups in total. The molecule has 2 rings (SSSR count). The van der Waals surface area contributed by atoms with Crippen molar-refractivity contribution in [1.82, 2.24) is 10.2 Å². The zero-order chi connectivity index (χ0) is 14.7. The van der Waals surface area contributed by atoms with Crippen molar-refractivity contribution in [1.29, 1.82) is 0 Å². The van der Waals surface area contributed by atoms with Gasteiger partial charge in [0.25, 0.3) is 0 Å². The summed E-state index contributed by atoms with van der Waals surface area (Å²) in [5.41, 5.74) is 0. The van der Waals surface area contributed by atoms with E-state index in [1.165, 1.54) is 0 Å². The van der Waals surface area contributed by atoms with Crippen LogP contribution >= 0.6 is 0 Å². The van der Waals surface area contributed by atoms with Gasteiger partial charge in [0.05, 0.1) is 25.8 Å². The summed E-state index contributed by atoms with van der Waals surface area (Å²) in [5, 5.41) is 3.00. The van der Waals surface area contributed by atoms with Crippen molar-refractivity contribution in [2.75, 3.05) is 39.4 Å². The Labute approximate surface area is 116 Å². The summed E-state index contributed by atoms with van der Waals surface area (Å²) in [7, 11) is 0. The Balaban J connectivity index is 0.000000316. The second-order valence-electron chi connectivity index (χ2n) is 4.50. The Morgan fingerprint density at radius 1 is 1.21 bits per heavy atom. The number of nitrogens with one attached hydrogen (secondary N) is 1. The van der Waals surface area contributed by atoms with Gasteiger partial charge < -0.3 is 10.1 Å². The predicted octanol–water partition coefficient (Wildman–Crippen LogP) is 0.871. The SMILES string of the molecule is CC.CC(=O)C1CCN1.CC(=O)CN1CCOCC1. The van der Waals surface area contributed by atoms with Crippen LogP contribution in [0.3, 0.4) is 0 Å². The highest BCUT2D eigenvalue weighted by Gasteiger charge is 2.19. The fraction of sp³-hybridized carbons (Fsp3) is 0.857. The molecule has 0 aromatic heterocycles. The second-order valence-corrected chi connectivity index (χ2v) is 4.50. The van der Waals surface area contributed by atoms with Crippen LogP contribution in [0.2, 0.25) is 0 Å². The lowest BCUT2D eigenvalue weighted by Gasteiger charge is -2.25. The van der Waals surface area contributed by atoms with Crippen LogP contribution in [0.15, 0.2) is 0 Å². The summed E-state index contributed by atoms with van der Waals surface area (Å²) < 4.78 is 5.13. The first-order valence-electron chi connectivity index (χ1n) is 7.13. The van der Waals surface area contributed by atoms with Crippen LogP contribution in [0.25, 0.3) is 0 Å². The third-order valence-corrected chi connectivity index (χ3v) is 2.86. The van der Waals surface area contributed by atoms with Crippen LogP contribution in [0, 0.1) is 0 Å². The molecule has 0 bridgehead atoms. The number of nitrogens with zero attached hydrogens (tertiary/aromatic N) is 1. The molecule has 19 heavy (non-hydrogen) atoms. The molecule has 2 aliphatic heterocycles. The average molecular weight is 272 g/mol. The van der Waals surface area contributed by atoms with Gasteiger partial charge in [-0.25, -0.2) is 0 Å². The van der Waals surface area contributed by atoms with Crippen molar-refractivity contribution >= 4 is 11.6 Å². The molecule has 112 valence electrons. The fourth-order valence-electron chi connectivity index (χ4n) is 1.71. The number of carbonyl (C=O) groups is 2. The van der Waals surface area contributed by atoms with Gasteiger partial charge in [-0.15, -0.1) is 0 Å². The first-order valence-corrected chi connectivity index (χ1v) is 7.13. The first kappa shape index (κ1) is 18.2. The number of ether oxygens (including phenoxy) is 1. The minimum atomic E-state index is 0.194. The van der Waals surface area contributed by atoms with Gasteiger partial charge in [0, 0.05) is 13.1 Å². The minimum absolute atomic E-state index is 0.194. The van der Waals surface area contributed by atoms with E-state index >= 15 is 0 Å². The maximum Gasteiger partial charge on any atom is 0.146 e. The molecule has 0 radical (unpaired) electrons. The van der Waals surface area contributed by atoms with Gasteiger partial charge in [0.2, 0.25) is 0 Å². The molecular formula is C14H28N2O3. The van der Waals surface area contributed by atoms with Crippen LogP contribution in [-0.4, -0.2) is 61.9 Å². The van der Waals surface area contributed by atoms with Gasteiger partial charge in [0.1, 0.15) is 11.6 Å². The maximum absolute atomic E-state index is 10.6. The number of ketones is 2. The van der Waals surface area contributed by atoms with E-state index in [2.05, 4.69) is 10.2 Å². The molecule has 5 nitrogen and oxygen atoms in total. The number of carbonyl (C=O) groups excluding carboxylic acids is 2. The largest absolute Gasteiger partial charge is 0.379 e. The topological polar surface area (TPSA) is 58.6 Å². The molecule has 1 atom stereocenters. The second kappa shape index (κ2) is 11.1. The first-order chi connectivity index (χ1) is 9.09. The van der Waals surface area contributed by atoms with Gasteiger partial charge in [-0.2, -0.15) is 0 Å². The quantitative estimate of drug-likeness (QED) is 0.826. The highest BCUT2D eigenvalue weighted by molar-refractivity contribution is 5.82. The molecule has 1 unspecified atom stereocenters. The number of hydrogen-bond donors (Lipinski definition) is 1. The molecule has 2 fully saturated rings. The summed E-state index contributed by atoms with van der Waals surface area (Å²) >= 11 is 0. The summed E-state index contributed by atoms with van der Waals surface area (Å²) in [4.78, 5) is 23.1. The molecular weight excluding hydrogens is 244 g/mol. The molecule has 2 aliphatic rings. The molecule has 2 heterocycles. The third kappa shape index (κ3) is 8.86. The highest BCUT2D eigenvalue weighted by Crippen LogP contribution is 2.00. The van der Waals surface area contributed by atoms with Gasteiger partial charge in [-0.1, -0.05) is 13.8 Å². The maximum atomic E-state index is 10.6. The lowest BCUT2D eigenvalue weighted by Crippen LogP contribution is -2.47. The zero-order valence-electron chi connectivity index (χ0n) is 12.7. The number of morpholine rings is 1. The monoisotopic (exact) mass is 272 g/mol. The van der Waals surface area contributed by atoms with Crippen LogP contribution in [0.4, 0.5) is 0 Å². The Morgan fingerprint density at radius 3 is 2.00 bits per heavy atom. The van der Waals surface area contributed by atoms with Gasteiger partial charge in [0.15, 0.2) is 0 Å². The molecule has 0 aromatic carbocycles.